The van der Waals surface area contributed by atoms with Crippen LogP contribution in [0, 0.1) is 19.7 Å². The molecule has 1 amide bonds. The van der Waals surface area contributed by atoms with Crippen LogP contribution in [0.2, 0.25) is 0 Å². The number of Topliss-reactive ketones (excluding diaryl/α,β-unsaturated/α-hetero) is 1. The molecule has 2 aliphatic rings. The van der Waals surface area contributed by atoms with Crippen LogP contribution >= 0.6 is 0 Å². The van der Waals surface area contributed by atoms with Crippen LogP contribution in [0.5, 0.6) is 0 Å². The summed E-state index contributed by atoms with van der Waals surface area (Å²) in [4.78, 5) is 27.7. The maximum absolute atomic E-state index is 13.3. The number of nitrogens with zero attached hydrogens (tertiary/aromatic N) is 1. The van der Waals surface area contributed by atoms with Crippen molar-refractivity contribution in [3.63, 3.8) is 0 Å². The van der Waals surface area contributed by atoms with Gasteiger partial charge in [-0.1, -0.05) is 18.2 Å². The first kappa shape index (κ1) is 17.7. The quantitative estimate of drug-likeness (QED) is 0.755. The molecule has 0 aromatic heterocycles. The molecule has 138 valence electrons. The molecule has 4 rings (SSSR count). The number of ketones is 1. The van der Waals surface area contributed by atoms with E-state index in [2.05, 4.69) is 6.07 Å². The van der Waals surface area contributed by atoms with Crippen molar-refractivity contribution in [1.82, 2.24) is 0 Å². The van der Waals surface area contributed by atoms with E-state index in [1.54, 1.807) is 17.0 Å². The zero-order valence-electron chi connectivity index (χ0n) is 15.6. The van der Waals surface area contributed by atoms with Crippen molar-refractivity contribution < 1.29 is 14.0 Å². The number of anilines is 1. The van der Waals surface area contributed by atoms with E-state index in [0.717, 1.165) is 40.1 Å². The van der Waals surface area contributed by atoms with E-state index in [0.29, 0.717) is 12.8 Å². The SMILES string of the molecule is Cc1cc(C)cc(N2C(=O)CC(c3ccc(F)cc3)C3=C2CCCC3=O)c1. The zero-order chi connectivity index (χ0) is 19.1. The lowest BCUT2D eigenvalue weighted by Crippen LogP contribution is -2.40. The summed E-state index contributed by atoms with van der Waals surface area (Å²) in [6, 6.07) is 12.2. The predicted octanol–water partition coefficient (Wildman–Crippen LogP) is 4.97. The van der Waals surface area contributed by atoms with Crippen LogP contribution in [-0.4, -0.2) is 11.7 Å². The number of halogens is 1. The van der Waals surface area contributed by atoms with E-state index in [4.69, 9.17) is 0 Å². The molecule has 1 aliphatic carbocycles. The highest BCUT2D eigenvalue weighted by Crippen LogP contribution is 2.43. The number of rotatable bonds is 2. The number of carbonyl (C=O) groups is 2. The van der Waals surface area contributed by atoms with Gasteiger partial charge in [-0.3, -0.25) is 14.5 Å². The van der Waals surface area contributed by atoms with Gasteiger partial charge in [-0.2, -0.15) is 0 Å². The van der Waals surface area contributed by atoms with Crippen molar-refractivity contribution in [3.8, 4) is 0 Å². The highest BCUT2D eigenvalue weighted by atomic mass is 19.1. The van der Waals surface area contributed by atoms with Gasteiger partial charge in [0, 0.05) is 35.7 Å². The normalized spacial score (nSPS) is 20.1. The molecule has 0 saturated carbocycles. The summed E-state index contributed by atoms with van der Waals surface area (Å²) in [6.45, 7) is 4.01. The Morgan fingerprint density at radius 3 is 2.30 bits per heavy atom. The lowest BCUT2D eigenvalue weighted by molar-refractivity contribution is -0.119. The van der Waals surface area contributed by atoms with Crippen LogP contribution in [0.25, 0.3) is 0 Å². The molecule has 2 aromatic carbocycles. The lowest BCUT2D eigenvalue weighted by atomic mass is 9.77. The molecule has 1 unspecified atom stereocenters. The smallest absolute Gasteiger partial charge is 0.232 e. The minimum atomic E-state index is -0.318. The van der Waals surface area contributed by atoms with Gasteiger partial charge in [-0.25, -0.2) is 4.39 Å². The molecule has 0 saturated heterocycles. The molecule has 1 aliphatic heterocycles. The predicted molar refractivity (Wildman–Crippen MR) is 103 cm³/mol. The first-order valence-electron chi connectivity index (χ1n) is 9.37. The fraction of sp³-hybridized carbons (Fsp3) is 0.304. The number of allylic oxidation sites excluding steroid dienone is 2. The molecule has 1 atom stereocenters. The maximum atomic E-state index is 13.3. The van der Waals surface area contributed by atoms with Gasteiger partial charge < -0.3 is 0 Å². The minimum Gasteiger partial charge on any atom is -0.294 e. The van der Waals surface area contributed by atoms with Crippen LogP contribution in [0.15, 0.2) is 53.7 Å². The van der Waals surface area contributed by atoms with Gasteiger partial charge in [-0.15, -0.1) is 0 Å². The van der Waals surface area contributed by atoms with E-state index in [-0.39, 0.29) is 29.8 Å². The first-order chi connectivity index (χ1) is 12.9. The molecule has 0 N–H and O–H groups in total. The average molecular weight is 363 g/mol. The number of benzene rings is 2. The fourth-order valence-corrected chi connectivity index (χ4v) is 4.35. The minimum absolute atomic E-state index is 0.0113. The Kier molecular flexibility index (Phi) is 4.42. The molecule has 27 heavy (non-hydrogen) atoms. The van der Waals surface area contributed by atoms with E-state index in [1.165, 1.54) is 12.1 Å². The Morgan fingerprint density at radius 1 is 0.963 bits per heavy atom. The molecule has 2 aromatic rings. The summed E-state index contributed by atoms with van der Waals surface area (Å²) in [7, 11) is 0. The topological polar surface area (TPSA) is 37.4 Å². The van der Waals surface area contributed by atoms with Crippen molar-refractivity contribution in [2.45, 2.75) is 45.4 Å². The highest BCUT2D eigenvalue weighted by molar-refractivity contribution is 6.07. The molecule has 1 heterocycles. The zero-order valence-corrected chi connectivity index (χ0v) is 15.6. The summed E-state index contributed by atoms with van der Waals surface area (Å²) in [5.74, 6) is -0.514. The van der Waals surface area contributed by atoms with Gasteiger partial charge in [0.15, 0.2) is 5.78 Å². The molecule has 4 heteroatoms. The van der Waals surface area contributed by atoms with Crippen molar-refractivity contribution >= 4 is 17.4 Å². The average Bonchev–Trinajstić information content (AvgIpc) is 2.61. The third-order valence-corrected chi connectivity index (χ3v) is 5.41. The van der Waals surface area contributed by atoms with Gasteiger partial charge in [-0.05, 0) is 67.6 Å². The van der Waals surface area contributed by atoms with Crippen LogP contribution in [-0.2, 0) is 9.59 Å². The Hall–Kier alpha value is -2.75. The lowest BCUT2D eigenvalue weighted by Gasteiger charge is -2.38. The number of hydrogen-bond acceptors (Lipinski definition) is 2. The van der Waals surface area contributed by atoms with Gasteiger partial charge in [0.2, 0.25) is 5.91 Å². The summed E-state index contributed by atoms with van der Waals surface area (Å²) in [5, 5.41) is 0. The standard InChI is InChI=1S/C23H22FNO2/c1-14-10-15(2)12-18(11-14)25-20-4-3-5-21(26)23(20)19(13-22(25)27)16-6-8-17(24)9-7-16/h6-12,19H,3-5,13H2,1-2H3. The summed E-state index contributed by atoms with van der Waals surface area (Å²) >= 11 is 0. The second-order valence-corrected chi connectivity index (χ2v) is 7.52. The van der Waals surface area contributed by atoms with Crippen LogP contribution in [0.1, 0.15) is 48.3 Å². The van der Waals surface area contributed by atoms with Gasteiger partial charge in [0.1, 0.15) is 5.82 Å². The van der Waals surface area contributed by atoms with Crippen molar-refractivity contribution in [2.75, 3.05) is 4.90 Å². The van der Waals surface area contributed by atoms with Crippen LogP contribution in [0.3, 0.4) is 0 Å². The van der Waals surface area contributed by atoms with E-state index >= 15 is 0 Å². The number of amides is 1. The van der Waals surface area contributed by atoms with Crippen molar-refractivity contribution in [3.05, 3.63) is 76.2 Å². The third-order valence-electron chi connectivity index (χ3n) is 5.41. The molecular formula is C23H22FNO2. The molecule has 0 bridgehead atoms. The van der Waals surface area contributed by atoms with E-state index in [1.807, 2.05) is 26.0 Å². The molecule has 0 spiro atoms. The number of hydrogen-bond donors (Lipinski definition) is 0. The molecule has 3 nitrogen and oxygen atoms in total. The third kappa shape index (κ3) is 3.20. The van der Waals surface area contributed by atoms with Gasteiger partial charge in [0.25, 0.3) is 0 Å². The molecule has 0 fully saturated rings. The van der Waals surface area contributed by atoms with E-state index in [9.17, 15) is 14.0 Å². The fourth-order valence-electron chi connectivity index (χ4n) is 4.35. The maximum Gasteiger partial charge on any atom is 0.232 e. The van der Waals surface area contributed by atoms with Crippen LogP contribution in [0.4, 0.5) is 10.1 Å². The van der Waals surface area contributed by atoms with Crippen molar-refractivity contribution in [2.24, 2.45) is 0 Å². The van der Waals surface area contributed by atoms with Crippen LogP contribution < -0.4 is 4.90 Å². The second kappa shape index (κ2) is 6.76. The summed E-state index contributed by atoms with van der Waals surface area (Å²) < 4.78 is 13.3. The largest absolute Gasteiger partial charge is 0.294 e. The van der Waals surface area contributed by atoms with Crippen molar-refractivity contribution in [1.29, 1.82) is 0 Å². The van der Waals surface area contributed by atoms with E-state index < -0.39 is 0 Å². The molecule has 0 radical (unpaired) electrons. The summed E-state index contributed by atoms with van der Waals surface area (Å²) in [5.41, 5.74) is 5.38. The molecular weight excluding hydrogens is 341 g/mol. The summed E-state index contributed by atoms with van der Waals surface area (Å²) in [6.07, 6.45) is 2.19. The monoisotopic (exact) mass is 363 g/mol. The first-order valence-corrected chi connectivity index (χ1v) is 9.37. The van der Waals surface area contributed by atoms with Gasteiger partial charge >= 0.3 is 0 Å². The Morgan fingerprint density at radius 2 is 1.63 bits per heavy atom. The Balaban J connectivity index is 1.86. The Bertz CT molecular complexity index is 939. The second-order valence-electron chi connectivity index (χ2n) is 7.52. The Labute approximate surface area is 158 Å². The van der Waals surface area contributed by atoms with Gasteiger partial charge in [0.05, 0.1) is 0 Å². The number of carbonyl (C=O) groups excluding carboxylic acids is 2. The number of aryl methyl sites for hydroxylation is 2. The highest BCUT2D eigenvalue weighted by Gasteiger charge is 2.39.